The largest absolute Gasteiger partial charge is 0.486 e. The van der Waals surface area contributed by atoms with Crippen LogP contribution in [0.1, 0.15) is 24.0 Å². The highest BCUT2D eigenvalue weighted by Gasteiger charge is 2.25. The lowest BCUT2D eigenvalue weighted by Crippen LogP contribution is -2.34. The van der Waals surface area contributed by atoms with Gasteiger partial charge in [0.1, 0.15) is 11.6 Å². The molecule has 3 aliphatic rings. The predicted molar refractivity (Wildman–Crippen MR) is 152 cm³/mol. The Hall–Kier alpha value is -4.09. The average Bonchev–Trinajstić information content (AvgIpc) is 3.32. The van der Waals surface area contributed by atoms with Gasteiger partial charge < -0.3 is 35.5 Å². The highest BCUT2D eigenvalue weighted by atomic mass is 35.5. The summed E-state index contributed by atoms with van der Waals surface area (Å²) in [6.45, 7) is 1.99. The van der Waals surface area contributed by atoms with E-state index in [4.69, 9.17) is 21.3 Å². The van der Waals surface area contributed by atoms with E-state index < -0.39 is 6.03 Å². The lowest BCUT2D eigenvalue weighted by molar-refractivity contribution is -0.133. The maximum atomic E-state index is 12.8. The first-order chi connectivity index (χ1) is 18.9. The first-order valence-electron chi connectivity index (χ1n) is 12.7. The third-order valence-corrected chi connectivity index (χ3v) is 6.92. The van der Waals surface area contributed by atoms with Crippen molar-refractivity contribution < 1.29 is 14.3 Å². The van der Waals surface area contributed by atoms with Gasteiger partial charge in [-0.1, -0.05) is 17.7 Å². The minimum Gasteiger partial charge on any atom is -0.486 e. The number of carbonyl (C=O) groups is 2. The van der Waals surface area contributed by atoms with Crippen LogP contribution in [0.2, 0.25) is 5.02 Å². The van der Waals surface area contributed by atoms with Crippen LogP contribution in [0.4, 0.5) is 16.3 Å². The fraction of sp³-hybridized carbons (Fsp3) is 0.333. The number of aromatic nitrogens is 1. The zero-order chi connectivity index (χ0) is 27.4. The molecule has 2 bridgehead atoms. The van der Waals surface area contributed by atoms with E-state index in [-0.39, 0.29) is 18.6 Å². The van der Waals surface area contributed by atoms with Crippen molar-refractivity contribution in [2.24, 2.45) is 9.98 Å². The van der Waals surface area contributed by atoms with E-state index in [1.165, 1.54) is 0 Å². The van der Waals surface area contributed by atoms with E-state index >= 15 is 0 Å². The summed E-state index contributed by atoms with van der Waals surface area (Å²) in [5.41, 5.74) is 3.08. The van der Waals surface area contributed by atoms with Crippen LogP contribution in [0.15, 0.2) is 64.1 Å². The number of fused-ring (bicyclic) bond motifs is 2. The quantitative estimate of drug-likeness (QED) is 0.455. The SMILES string of the molecule is CN1CCCN(C)C(=O)COC2=C(NC(=O)Nc3ccc(Cl)cc3)C=CC(C2)/N=C2\N=CNc3[nH]cc(c32)C1. The fourth-order valence-corrected chi connectivity index (χ4v) is 4.72. The molecule has 204 valence electrons. The first-order valence-corrected chi connectivity index (χ1v) is 13.1. The number of aromatic amines is 1. The molecule has 1 unspecified atom stereocenters. The van der Waals surface area contributed by atoms with Crippen LogP contribution in [0, 0.1) is 0 Å². The number of urea groups is 1. The van der Waals surface area contributed by atoms with Crippen LogP contribution in [-0.2, 0) is 16.1 Å². The first kappa shape index (κ1) is 26.5. The Balaban J connectivity index is 1.41. The van der Waals surface area contributed by atoms with Crippen molar-refractivity contribution in [1.82, 2.24) is 20.1 Å². The molecule has 3 amide bonds. The molecule has 5 rings (SSSR count). The number of benzene rings is 1. The van der Waals surface area contributed by atoms with Gasteiger partial charge in [-0.3, -0.25) is 9.79 Å². The van der Waals surface area contributed by atoms with Gasteiger partial charge in [-0.25, -0.2) is 9.79 Å². The highest BCUT2D eigenvalue weighted by Crippen LogP contribution is 2.27. The minimum atomic E-state index is -0.442. The summed E-state index contributed by atoms with van der Waals surface area (Å²) in [5.74, 6) is 1.80. The Labute approximate surface area is 231 Å². The van der Waals surface area contributed by atoms with Crippen LogP contribution in [0.3, 0.4) is 0 Å². The Morgan fingerprint density at radius 1 is 1.18 bits per heavy atom. The molecule has 3 heterocycles. The third kappa shape index (κ3) is 6.50. The second-order valence-electron chi connectivity index (χ2n) is 9.67. The molecule has 0 spiro atoms. The summed E-state index contributed by atoms with van der Waals surface area (Å²) < 4.78 is 6.00. The second kappa shape index (κ2) is 11.7. The average molecular weight is 551 g/mol. The number of H-pyrrole nitrogens is 1. The zero-order valence-corrected chi connectivity index (χ0v) is 22.6. The monoisotopic (exact) mass is 550 g/mol. The number of amides is 3. The Morgan fingerprint density at radius 2 is 2.00 bits per heavy atom. The molecule has 12 heteroatoms. The molecule has 0 saturated heterocycles. The second-order valence-corrected chi connectivity index (χ2v) is 10.1. The number of anilines is 2. The highest BCUT2D eigenvalue weighted by molar-refractivity contribution is 6.30. The third-order valence-electron chi connectivity index (χ3n) is 6.67. The van der Waals surface area contributed by atoms with Gasteiger partial charge in [0.15, 0.2) is 12.4 Å². The number of hydrogen-bond donors (Lipinski definition) is 4. The van der Waals surface area contributed by atoms with Gasteiger partial charge in [0.2, 0.25) is 0 Å². The zero-order valence-electron chi connectivity index (χ0n) is 21.8. The molecule has 0 saturated carbocycles. The van der Waals surface area contributed by atoms with Crippen LogP contribution < -0.4 is 16.0 Å². The smallest absolute Gasteiger partial charge is 0.323 e. The van der Waals surface area contributed by atoms with Crippen molar-refractivity contribution in [2.45, 2.75) is 25.4 Å². The molecular weight excluding hydrogens is 520 g/mol. The van der Waals surface area contributed by atoms with Crippen molar-refractivity contribution in [1.29, 1.82) is 0 Å². The Kier molecular flexibility index (Phi) is 7.99. The standard InChI is InChI=1S/C27H31ClN8O3/c1-35-10-3-11-36(2)23(37)15-39-22-12-20(32-26-24-17(14-35)13-29-25(24)30-16-31-26)8-9-21(22)34-27(38)33-19-6-4-18(28)5-7-19/h4-9,13,16,20H,3,10-12,14-15H2,1-2H3,(H2,33,34,38)(H2,29,30,31,32). The number of aliphatic imine (C=N–C) groups is 2. The van der Waals surface area contributed by atoms with Crippen molar-refractivity contribution >= 4 is 47.2 Å². The molecule has 2 aromatic rings. The maximum Gasteiger partial charge on any atom is 0.323 e. The molecule has 1 aromatic carbocycles. The molecule has 1 aromatic heterocycles. The summed E-state index contributed by atoms with van der Waals surface area (Å²) in [5, 5.41) is 9.35. The van der Waals surface area contributed by atoms with Crippen LogP contribution >= 0.6 is 11.6 Å². The minimum absolute atomic E-state index is 0.139. The lowest BCUT2D eigenvalue weighted by atomic mass is 10.0. The van der Waals surface area contributed by atoms with E-state index in [1.54, 1.807) is 48.6 Å². The lowest BCUT2D eigenvalue weighted by Gasteiger charge is -2.25. The van der Waals surface area contributed by atoms with Crippen molar-refractivity contribution in [3.63, 3.8) is 0 Å². The summed E-state index contributed by atoms with van der Waals surface area (Å²) in [6.07, 6.45) is 8.41. The summed E-state index contributed by atoms with van der Waals surface area (Å²) in [7, 11) is 3.83. The molecular formula is C27H31ClN8O3. The molecule has 4 N–H and O–H groups in total. The predicted octanol–water partition coefficient (Wildman–Crippen LogP) is 3.54. The number of likely N-dealkylation sites (N-methyl/N-ethyl adjacent to an activating group) is 1. The Bertz CT molecular complexity index is 1360. The molecule has 0 radical (unpaired) electrons. The van der Waals surface area contributed by atoms with Crippen molar-refractivity contribution in [3.8, 4) is 0 Å². The molecule has 2 aliphatic heterocycles. The van der Waals surface area contributed by atoms with Crippen LogP contribution in [-0.4, -0.2) is 78.7 Å². The topological polar surface area (TPSA) is 126 Å². The van der Waals surface area contributed by atoms with Gasteiger partial charge in [0, 0.05) is 43.5 Å². The number of nitrogens with one attached hydrogen (secondary N) is 4. The van der Waals surface area contributed by atoms with Crippen LogP contribution in [0.5, 0.6) is 0 Å². The number of ether oxygens (including phenoxy) is 1. The number of allylic oxidation sites excluding steroid dienone is 1. The fourth-order valence-electron chi connectivity index (χ4n) is 4.59. The molecule has 1 atom stereocenters. The Morgan fingerprint density at radius 3 is 2.82 bits per heavy atom. The maximum absolute atomic E-state index is 12.8. The van der Waals surface area contributed by atoms with Gasteiger partial charge in [-0.05, 0) is 55.9 Å². The van der Waals surface area contributed by atoms with E-state index in [1.807, 2.05) is 12.3 Å². The van der Waals surface area contributed by atoms with E-state index in [0.29, 0.717) is 47.5 Å². The number of hydrogen-bond acceptors (Lipinski definition) is 7. The molecule has 11 nitrogen and oxygen atoms in total. The van der Waals surface area contributed by atoms with Crippen LogP contribution in [0.25, 0.3) is 0 Å². The number of nitrogens with zero attached hydrogens (tertiary/aromatic N) is 4. The number of halogens is 1. The summed E-state index contributed by atoms with van der Waals surface area (Å²) in [4.78, 5) is 42.2. The van der Waals surface area contributed by atoms with Gasteiger partial charge in [-0.15, -0.1) is 0 Å². The van der Waals surface area contributed by atoms with Gasteiger partial charge in [0.25, 0.3) is 5.91 Å². The molecule has 1 aliphatic carbocycles. The van der Waals surface area contributed by atoms with Crippen molar-refractivity contribution in [2.75, 3.05) is 44.4 Å². The van der Waals surface area contributed by atoms with E-state index in [0.717, 1.165) is 29.9 Å². The molecule has 39 heavy (non-hydrogen) atoms. The van der Waals surface area contributed by atoms with E-state index in [9.17, 15) is 9.59 Å². The summed E-state index contributed by atoms with van der Waals surface area (Å²) >= 11 is 5.94. The van der Waals surface area contributed by atoms with Gasteiger partial charge in [-0.2, -0.15) is 0 Å². The number of amidine groups is 1. The number of carbonyl (C=O) groups excluding carboxylic acids is 2. The number of rotatable bonds is 2. The van der Waals surface area contributed by atoms with Gasteiger partial charge >= 0.3 is 6.03 Å². The van der Waals surface area contributed by atoms with E-state index in [2.05, 4.69) is 37.9 Å². The normalized spacial score (nSPS) is 21.4. The molecule has 0 fully saturated rings. The summed E-state index contributed by atoms with van der Waals surface area (Å²) in [6, 6.07) is 6.06. The van der Waals surface area contributed by atoms with Gasteiger partial charge in [0.05, 0.1) is 23.6 Å². The van der Waals surface area contributed by atoms with Crippen molar-refractivity contribution in [3.05, 3.63) is 70.2 Å².